The van der Waals surface area contributed by atoms with E-state index in [0.717, 1.165) is 31.2 Å². The summed E-state index contributed by atoms with van der Waals surface area (Å²) >= 11 is 5.88. The highest BCUT2D eigenvalue weighted by Crippen LogP contribution is 2.21. The van der Waals surface area contributed by atoms with Gasteiger partial charge in [0.1, 0.15) is 0 Å². The number of rotatable bonds is 2. The van der Waals surface area contributed by atoms with Crippen molar-refractivity contribution in [1.29, 1.82) is 0 Å². The summed E-state index contributed by atoms with van der Waals surface area (Å²) in [7, 11) is 0. The van der Waals surface area contributed by atoms with E-state index in [1.165, 1.54) is 5.56 Å². The first-order valence-corrected chi connectivity index (χ1v) is 5.85. The zero-order valence-corrected chi connectivity index (χ0v) is 12.2. The van der Waals surface area contributed by atoms with Crippen LogP contribution in [0, 0.1) is 0 Å². The van der Waals surface area contributed by atoms with Crippen molar-refractivity contribution in [2.24, 2.45) is 0 Å². The highest BCUT2D eigenvalue weighted by atomic mass is 35.5. The van der Waals surface area contributed by atoms with Gasteiger partial charge in [-0.15, -0.1) is 24.8 Å². The second kappa shape index (κ2) is 8.17. The summed E-state index contributed by atoms with van der Waals surface area (Å²) in [5.41, 5.74) is 1.35. The van der Waals surface area contributed by atoms with Crippen molar-refractivity contribution in [2.45, 2.75) is 13.0 Å². The maximum absolute atomic E-state index is 5.88. The van der Waals surface area contributed by atoms with Gasteiger partial charge in [0.25, 0.3) is 0 Å². The molecule has 1 unspecified atom stereocenters. The molecular formula is C12H19Cl3N2. The third kappa shape index (κ3) is 4.65. The van der Waals surface area contributed by atoms with Gasteiger partial charge in [0.15, 0.2) is 0 Å². The molecule has 1 aliphatic rings. The molecule has 1 saturated heterocycles. The van der Waals surface area contributed by atoms with Gasteiger partial charge in [0.05, 0.1) is 0 Å². The van der Waals surface area contributed by atoms with E-state index in [9.17, 15) is 0 Å². The highest BCUT2D eigenvalue weighted by Gasteiger charge is 2.17. The minimum Gasteiger partial charge on any atom is -0.314 e. The molecule has 1 heterocycles. The van der Waals surface area contributed by atoms with E-state index in [4.69, 9.17) is 11.6 Å². The van der Waals surface area contributed by atoms with Crippen LogP contribution in [0.4, 0.5) is 0 Å². The lowest BCUT2D eigenvalue weighted by molar-refractivity contribution is 0.185. The maximum Gasteiger partial charge on any atom is 0.0406 e. The summed E-state index contributed by atoms with van der Waals surface area (Å²) in [6.07, 6.45) is 0. The number of nitrogens with zero attached hydrogens (tertiary/aromatic N) is 1. The Kier molecular flexibility index (Phi) is 8.18. The molecule has 0 aliphatic carbocycles. The first-order valence-electron chi connectivity index (χ1n) is 5.47. The fourth-order valence-corrected chi connectivity index (χ4v) is 2.15. The van der Waals surface area contributed by atoms with Crippen LogP contribution >= 0.6 is 36.4 Å². The van der Waals surface area contributed by atoms with Gasteiger partial charge in [-0.1, -0.05) is 23.7 Å². The van der Waals surface area contributed by atoms with Gasteiger partial charge in [-0.3, -0.25) is 4.90 Å². The zero-order valence-electron chi connectivity index (χ0n) is 9.86. The molecule has 0 radical (unpaired) electrons. The normalized spacial score (nSPS) is 17.8. The number of nitrogens with one attached hydrogen (secondary N) is 1. The topological polar surface area (TPSA) is 15.3 Å². The zero-order chi connectivity index (χ0) is 10.7. The molecule has 1 aliphatic heterocycles. The van der Waals surface area contributed by atoms with Crippen molar-refractivity contribution in [1.82, 2.24) is 10.2 Å². The molecule has 1 N–H and O–H groups in total. The molecule has 0 bridgehead atoms. The number of piperazine rings is 1. The van der Waals surface area contributed by atoms with Crippen LogP contribution < -0.4 is 5.32 Å². The summed E-state index contributed by atoms with van der Waals surface area (Å²) in [5, 5.41) is 4.18. The molecule has 2 nitrogen and oxygen atoms in total. The summed E-state index contributed by atoms with van der Waals surface area (Å²) in [6.45, 7) is 6.71. The number of halogens is 3. The van der Waals surface area contributed by atoms with E-state index in [-0.39, 0.29) is 24.8 Å². The number of benzene rings is 1. The van der Waals surface area contributed by atoms with E-state index in [1.807, 2.05) is 12.1 Å². The Bertz CT molecular complexity index is 310. The lowest BCUT2D eigenvalue weighted by atomic mass is 10.1. The quantitative estimate of drug-likeness (QED) is 0.902. The molecule has 1 aromatic rings. The Labute approximate surface area is 121 Å². The predicted octanol–water partition coefficient (Wildman–Crippen LogP) is 3.15. The standard InChI is InChI=1S/C12H17ClN2.2ClH/c1-10(15-8-6-14-7-9-15)11-2-4-12(13)5-3-11;;/h2-5,10,14H,6-9H2,1H3;2*1H. The molecule has 5 heteroatoms. The first-order chi connectivity index (χ1) is 7.27. The molecule has 0 saturated carbocycles. The molecule has 17 heavy (non-hydrogen) atoms. The van der Waals surface area contributed by atoms with E-state index >= 15 is 0 Å². The average Bonchev–Trinajstić information content (AvgIpc) is 2.30. The molecule has 0 aromatic heterocycles. The lowest BCUT2D eigenvalue weighted by Gasteiger charge is -2.33. The smallest absolute Gasteiger partial charge is 0.0406 e. The van der Waals surface area contributed by atoms with E-state index < -0.39 is 0 Å². The van der Waals surface area contributed by atoms with Gasteiger partial charge >= 0.3 is 0 Å². The molecule has 2 rings (SSSR count). The van der Waals surface area contributed by atoms with Crippen molar-refractivity contribution >= 4 is 36.4 Å². The maximum atomic E-state index is 5.88. The van der Waals surface area contributed by atoms with Crippen LogP contribution in [-0.4, -0.2) is 31.1 Å². The number of hydrogen-bond donors (Lipinski definition) is 1. The van der Waals surface area contributed by atoms with Gasteiger partial charge in [-0.25, -0.2) is 0 Å². The van der Waals surface area contributed by atoms with E-state index in [2.05, 4.69) is 29.3 Å². The second-order valence-corrected chi connectivity index (χ2v) is 4.45. The van der Waals surface area contributed by atoms with E-state index in [1.54, 1.807) is 0 Å². The molecule has 0 spiro atoms. The first kappa shape index (κ1) is 17.0. The third-order valence-electron chi connectivity index (χ3n) is 3.05. The fraction of sp³-hybridized carbons (Fsp3) is 0.500. The molecular weight excluding hydrogens is 279 g/mol. The van der Waals surface area contributed by atoms with Crippen molar-refractivity contribution in [2.75, 3.05) is 26.2 Å². The van der Waals surface area contributed by atoms with Crippen LogP contribution in [0.25, 0.3) is 0 Å². The largest absolute Gasteiger partial charge is 0.314 e. The van der Waals surface area contributed by atoms with Crippen LogP contribution in [0.2, 0.25) is 5.02 Å². The molecule has 1 aromatic carbocycles. The predicted molar refractivity (Wildman–Crippen MR) is 78.8 cm³/mol. The Balaban J connectivity index is 0.00000128. The van der Waals surface area contributed by atoms with Gasteiger partial charge in [0, 0.05) is 37.2 Å². The lowest BCUT2D eigenvalue weighted by Crippen LogP contribution is -2.44. The van der Waals surface area contributed by atoms with E-state index in [0.29, 0.717) is 6.04 Å². The van der Waals surface area contributed by atoms with Gasteiger partial charge in [0.2, 0.25) is 0 Å². The summed E-state index contributed by atoms with van der Waals surface area (Å²) in [5.74, 6) is 0. The Morgan fingerprint density at radius 3 is 2.18 bits per heavy atom. The summed E-state index contributed by atoms with van der Waals surface area (Å²) in [6, 6.07) is 8.67. The average molecular weight is 298 g/mol. The van der Waals surface area contributed by atoms with Crippen LogP contribution in [0.5, 0.6) is 0 Å². The van der Waals surface area contributed by atoms with Gasteiger partial charge in [-0.2, -0.15) is 0 Å². The van der Waals surface area contributed by atoms with Crippen LogP contribution in [0.3, 0.4) is 0 Å². The third-order valence-corrected chi connectivity index (χ3v) is 3.30. The molecule has 1 fully saturated rings. The Morgan fingerprint density at radius 2 is 1.65 bits per heavy atom. The minimum absolute atomic E-state index is 0. The summed E-state index contributed by atoms with van der Waals surface area (Å²) in [4.78, 5) is 2.50. The van der Waals surface area contributed by atoms with Crippen LogP contribution in [-0.2, 0) is 0 Å². The van der Waals surface area contributed by atoms with Gasteiger partial charge in [-0.05, 0) is 24.6 Å². The Hall–Kier alpha value is 0.01000. The fourth-order valence-electron chi connectivity index (χ4n) is 2.02. The Morgan fingerprint density at radius 1 is 1.12 bits per heavy atom. The van der Waals surface area contributed by atoms with Crippen molar-refractivity contribution < 1.29 is 0 Å². The molecule has 0 amide bonds. The monoisotopic (exact) mass is 296 g/mol. The van der Waals surface area contributed by atoms with Crippen LogP contribution in [0.15, 0.2) is 24.3 Å². The van der Waals surface area contributed by atoms with Crippen molar-refractivity contribution in [3.8, 4) is 0 Å². The van der Waals surface area contributed by atoms with Gasteiger partial charge < -0.3 is 5.32 Å². The van der Waals surface area contributed by atoms with Crippen molar-refractivity contribution in [3.63, 3.8) is 0 Å². The molecule has 98 valence electrons. The van der Waals surface area contributed by atoms with Crippen molar-refractivity contribution in [3.05, 3.63) is 34.9 Å². The second-order valence-electron chi connectivity index (χ2n) is 4.01. The SMILES string of the molecule is CC(c1ccc(Cl)cc1)N1CCNCC1.Cl.Cl. The van der Waals surface area contributed by atoms with Crippen LogP contribution in [0.1, 0.15) is 18.5 Å². The highest BCUT2D eigenvalue weighted by molar-refractivity contribution is 6.30. The number of hydrogen-bond acceptors (Lipinski definition) is 2. The summed E-state index contributed by atoms with van der Waals surface area (Å²) < 4.78 is 0. The minimum atomic E-state index is 0. The molecule has 1 atom stereocenters.